The maximum Gasteiger partial charge on any atom is 0.161 e. The largest absolute Gasteiger partial charge is 0.507 e. The molecule has 0 aliphatic heterocycles. The summed E-state index contributed by atoms with van der Waals surface area (Å²) >= 11 is 5.97. The van der Waals surface area contributed by atoms with Crippen molar-refractivity contribution in [3.8, 4) is 28.4 Å². The zero-order chi connectivity index (χ0) is 11.7. The van der Waals surface area contributed by atoms with Crippen LogP contribution >= 0.6 is 11.6 Å². The molecule has 0 saturated heterocycles. The van der Waals surface area contributed by atoms with Crippen LogP contribution in [-0.4, -0.2) is 15.3 Å². The highest BCUT2D eigenvalue weighted by atomic mass is 35.5. The van der Waals surface area contributed by atoms with Crippen LogP contribution in [0, 0.1) is 0 Å². The van der Waals surface area contributed by atoms with Crippen molar-refractivity contribution in [3.05, 3.63) is 41.4 Å². The second kappa shape index (κ2) is 3.94. The van der Waals surface area contributed by atoms with Gasteiger partial charge in [0.1, 0.15) is 5.75 Å². The number of rotatable bonds is 1. The molecule has 3 nitrogen and oxygen atoms in total. The number of halogens is 1. The number of hydrogen-bond donors (Lipinski definition) is 3. The molecule has 0 aliphatic carbocycles. The summed E-state index contributed by atoms with van der Waals surface area (Å²) in [6.07, 6.45) is 0. The zero-order valence-corrected chi connectivity index (χ0v) is 8.94. The molecule has 0 amide bonds. The molecule has 3 N–H and O–H groups in total. The Bertz CT molecular complexity index is 538. The van der Waals surface area contributed by atoms with Gasteiger partial charge < -0.3 is 15.3 Å². The molecule has 2 aromatic carbocycles. The summed E-state index contributed by atoms with van der Waals surface area (Å²) in [5.74, 6) is -0.801. The minimum absolute atomic E-state index is 0.136. The van der Waals surface area contributed by atoms with E-state index >= 15 is 0 Å². The Kier molecular flexibility index (Phi) is 2.62. The highest BCUT2D eigenvalue weighted by Crippen LogP contribution is 2.40. The van der Waals surface area contributed by atoms with Crippen LogP contribution in [-0.2, 0) is 0 Å². The predicted molar refractivity (Wildman–Crippen MR) is 61.9 cm³/mol. The monoisotopic (exact) mass is 236 g/mol. The SMILES string of the molecule is Oc1cc(O)c(-c2ccccc2Cl)cc1O. The van der Waals surface area contributed by atoms with E-state index in [1.165, 1.54) is 6.07 Å². The van der Waals surface area contributed by atoms with Crippen LogP contribution in [0.15, 0.2) is 36.4 Å². The molecule has 0 unspecified atom stereocenters. The summed E-state index contributed by atoms with van der Waals surface area (Å²) in [7, 11) is 0. The summed E-state index contributed by atoms with van der Waals surface area (Å²) in [5.41, 5.74) is 0.970. The first-order valence-electron chi connectivity index (χ1n) is 4.59. The Morgan fingerprint density at radius 1 is 0.750 bits per heavy atom. The second-order valence-electron chi connectivity index (χ2n) is 3.34. The van der Waals surface area contributed by atoms with Crippen molar-refractivity contribution in [1.82, 2.24) is 0 Å². The van der Waals surface area contributed by atoms with E-state index in [1.54, 1.807) is 24.3 Å². The Hall–Kier alpha value is -1.87. The first-order chi connectivity index (χ1) is 7.59. The van der Waals surface area contributed by atoms with Crippen LogP contribution in [0.2, 0.25) is 5.02 Å². The van der Waals surface area contributed by atoms with Gasteiger partial charge in [-0.15, -0.1) is 0 Å². The van der Waals surface area contributed by atoms with Crippen molar-refractivity contribution in [2.75, 3.05) is 0 Å². The molecule has 0 saturated carbocycles. The van der Waals surface area contributed by atoms with Crippen LogP contribution < -0.4 is 0 Å². The minimum Gasteiger partial charge on any atom is -0.507 e. The third kappa shape index (κ3) is 1.77. The van der Waals surface area contributed by atoms with Gasteiger partial charge in [0.2, 0.25) is 0 Å². The maximum absolute atomic E-state index is 9.66. The van der Waals surface area contributed by atoms with E-state index in [9.17, 15) is 15.3 Å². The van der Waals surface area contributed by atoms with Gasteiger partial charge in [0.15, 0.2) is 11.5 Å². The van der Waals surface area contributed by atoms with E-state index in [2.05, 4.69) is 0 Å². The first kappa shape index (κ1) is 10.6. The lowest BCUT2D eigenvalue weighted by Gasteiger charge is -2.08. The molecule has 0 atom stereocenters. The third-order valence-corrected chi connectivity index (χ3v) is 2.59. The molecule has 0 heterocycles. The van der Waals surface area contributed by atoms with E-state index in [1.807, 2.05) is 0 Å². The van der Waals surface area contributed by atoms with Gasteiger partial charge in [-0.25, -0.2) is 0 Å². The smallest absolute Gasteiger partial charge is 0.161 e. The van der Waals surface area contributed by atoms with Crippen molar-refractivity contribution in [3.63, 3.8) is 0 Å². The molecule has 4 heteroatoms. The number of aromatic hydroxyl groups is 3. The normalized spacial score (nSPS) is 10.3. The molecule has 0 fully saturated rings. The van der Waals surface area contributed by atoms with E-state index < -0.39 is 0 Å². The summed E-state index contributed by atoms with van der Waals surface area (Å²) in [4.78, 5) is 0. The average molecular weight is 237 g/mol. The highest BCUT2D eigenvalue weighted by molar-refractivity contribution is 6.33. The molecule has 2 aromatic rings. The Balaban J connectivity index is 2.65. The average Bonchev–Trinajstić information content (AvgIpc) is 2.25. The van der Waals surface area contributed by atoms with E-state index in [0.29, 0.717) is 16.1 Å². The molecule has 2 rings (SSSR count). The molecule has 0 radical (unpaired) electrons. The minimum atomic E-state index is -0.367. The van der Waals surface area contributed by atoms with Gasteiger partial charge in [-0.3, -0.25) is 0 Å². The second-order valence-corrected chi connectivity index (χ2v) is 3.75. The number of phenolic OH excluding ortho intramolecular Hbond substituents is 3. The van der Waals surface area contributed by atoms with Gasteiger partial charge in [-0.05, 0) is 12.1 Å². The Morgan fingerprint density at radius 3 is 2.06 bits per heavy atom. The lowest BCUT2D eigenvalue weighted by molar-refractivity contribution is 0.397. The Morgan fingerprint density at radius 2 is 1.38 bits per heavy atom. The van der Waals surface area contributed by atoms with Crippen molar-refractivity contribution in [2.24, 2.45) is 0 Å². The van der Waals surface area contributed by atoms with E-state index in [-0.39, 0.29) is 17.2 Å². The summed E-state index contributed by atoms with van der Waals surface area (Å²) in [6, 6.07) is 9.28. The quantitative estimate of drug-likeness (QED) is 0.527. The standard InChI is InChI=1S/C12H9ClO3/c13-9-4-2-1-3-7(9)8-5-11(15)12(16)6-10(8)14/h1-6,14-16H. The maximum atomic E-state index is 9.66. The summed E-state index contributed by atoms with van der Waals surface area (Å²) in [6.45, 7) is 0. The fourth-order valence-corrected chi connectivity index (χ4v) is 1.70. The van der Waals surface area contributed by atoms with Gasteiger partial charge >= 0.3 is 0 Å². The number of hydrogen-bond acceptors (Lipinski definition) is 3. The van der Waals surface area contributed by atoms with Gasteiger partial charge in [-0.1, -0.05) is 29.8 Å². The van der Waals surface area contributed by atoms with E-state index in [0.717, 1.165) is 6.07 Å². The summed E-state index contributed by atoms with van der Waals surface area (Å²) < 4.78 is 0. The topological polar surface area (TPSA) is 60.7 Å². The van der Waals surface area contributed by atoms with Crippen molar-refractivity contribution in [2.45, 2.75) is 0 Å². The lowest BCUT2D eigenvalue weighted by Crippen LogP contribution is -1.81. The molecule has 82 valence electrons. The van der Waals surface area contributed by atoms with Crippen LogP contribution in [0.4, 0.5) is 0 Å². The molecule has 0 aliphatic rings. The van der Waals surface area contributed by atoms with Gasteiger partial charge in [-0.2, -0.15) is 0 Å². The third-order valence-electron chi connectivity index (χ3n) is 2.26. The number of benzene rings is 2. The molecule has 0 aromatic heterocycles. The zero-order valence-electron chi connectivity index (χ0n) is 8.18. The van der Waals surface area contributed by atoms with Gasteiger partial charge in [0, 0.05) is 22.2 Å². The van der Waals surface area contributed by atoms with Crippen molar-refractivity contribution < 1.29 is 15.3 Å². The molecule has 0 spiro atoms. The van der Waals surface area contributed by atoms with Gasteiger partial charge in [0.25, 0.3) is 0 Å². The Labute approximate surface area is 97.2 Å². The first-order valence-corrected chi connectivity index (χ1v) is 4.97. The van der Waals surface area contributed by atoms with Crippen molar-refractivity contribution in [1.29, 1.82) is 0 Å². The van der Waals surface area contributed by atoms with Crippen LogP contribution in [0.25, 0.3) is 11.1 Å². The van der Waals surface area contributed by atoms with Crippen LogP contribution in [0.3, 0.4) is 0 Å². The summed E-state index contributed by atoms with van der Waals surface area (Å²) in [5, 5.41) is 28.7. The molecular formula is C12H9ClO3. The number of phenols is 3. The van der Waals surface area contributed by atoms with Crippen LogP contribution in [0.1, 0.15) is 0 Å². The van der Waals surface area contributed by atoms with E-state index in [4.69, 9.17) is 11.6 Å². The predicted octanol–water partition coefficient (Wildman–Crippen LogP) is 3.12. The molecule has 0 bridgehead atoms. The lowest BCUT2D eigenvalue weighted by atomic mass is 10.0. The fourth-order valence-electron chi connectivity index (χ4n) is 1.46. The van der Waals surface area contributed by atoms with Crippen LogP contribution in [0.5, 0.6) is 17.2 Å². The molecule has 16 heavy (non-hydrogen) atoms. The highest BCUT2D eigenvalue weighted by Gasteiger charge is 2.11. The fraction of sp³-hybridized carbons (Fsp3) is 0. The molecular weight excluding hydrogens is 228 g/mol. The van der Waals surface area contributed by atoms with Gasteiger partial charge in [0.05, 0.1) is 0 Å². The van der Waals surface area contributed by atoms with Crippen molar-refractivity contribution >= 4 is 11.6 Å².